The summed E-state index contributed by atoms with van der Waals surface area (Å²) in [5.74, 6) is -0.293. The molecular weight excluding hydrogens is 240 g/mol. The molecule has 19 heavy (non-hydrogen) atoms. The van der Waals surface area contributed by atoms with E-state index in [4.69, 9.17) is 4.74 Å². The summed E-state index contributed by atoms with van der Waals surface area (Å²) in [6.07, 6.45) is 2.64. The van der Waals surface area contributed by atoms with Crippen molar-refractivity contribution < 1.29 is 9.53 Å². The number of carbonyl (C=O) groups is 1. The molecule has 0 aliphatic heterocycles. The lowest BCUT2D eigenvalue weighted by Crippen LogP contribution is -2.31. The standard InChI is InChI=1S/C15H20N2O2/c1-4-5-8-14(15(18)19-3)17-13-9-6-7-11(2)12(13)10-16/h6-7,9,14,17H,4-5,8H2,1-3H3. The van der Waals surface area contributed by atoms with Gasteiger partial charge in [0.1, 0.15) is 12.1 Å². The number of nitriles is 1. The van der Waals surface area contributed by atoms with Gasteiger partial charge in [-0.1, -0.05) is 31.9 Å². The molecule has 1 aromatic rings. The van der Waals surface area contributed by atoms with E-state index in [1.54, 1.807) is 0 Å². The highest BCUT2D eigenvalue weighted by Gasteiger charge is 2.19. The number of rotatable bonds is 6. The molecule has 0 amide bonds. The van der Waals surface area contributed by atoms with E-state index in [1.807, 2.05) is 25.1 Å². The summed E-state index contributed by atoms with van der Waals surface area (Å²) < 4.78 is 4.80. The van der Waals surface area contributed by atoms with Crippen LogP contribution in [0.5, 0.6) is 0 Å². The highest BCUT2D eigenvalue weighted by Crippen LogP contribution is 2.20. The molecule has 1 atom stereocenters. The van der Waals surface area contributed by atoms with Crippen LogP contribution in [0.3, 0.4) is 0 Å². The lowest BCUT2D eigenvalue weighted by molar-refractivity contribution is -0.141. The first kappa shape index (κ1) is 15.0. The fourth-order valence-corrected chi connectivity index (χ4v) is 1.92. The summed E-state index contributed by atoms with van der Waals surface area (Å²) in [6.45, 7) is 3.95. The topological polar surface area (TPSA) is 62.1 Å². The Kier molecular flexibility index (Phi) is 5.87. The number of benzene rings is 1. The van der Waals surface area contributed by atoms with Crippen molar-refractivity contribution in [2.75, 3.05) is 12.4 Å². The van der Waals surface area contributed by atoms with E-state index in [1.165, 1.54) is 7.11 Å². The van der Waals surface area contributed by atoms with Crippen LogP contribution in [0.15, 0.2) is 18.2 Å². The maximum atomic E-state index is 11.7. The molecule has 1 N–H and O–H groups in total. The molecule has 0 bridgehead atoms. The van der Waals surface area contributed by atoms with Crippen LogP contribution in [0.25, 0.3) is 0 Å². The number of nitrogens with zero attached hydrogens (tertiary/aromatic N) is 1. The van der Waals surface area contributed by atoms with Crippen molar-refractivity contribution >= 4 is 11.7 Å². The van der Waals surface area contributed by atoms with Crippen LogP contribution in [0.1, 0.15) is 37.3 Å². The summed E-state index contributed by atoms with van der Waals surface area (Å²) in [7, 11) is 1.38. The fraction of sp³-hybridized carbons (Fsp3) is 0.467. The second-order valence-electron chi connectivity index (χ2n) is 4.47. The van der Waals surface area contributed by atoms with Crippen molar-refractivity contribution in [1.82, 2.24) is 0 Å². The number of carbonyl (C=O) groups excluding carboxylic acids is 1. The molecule has 0 aliphatic rings. The summed E-state index contributed by atoms with van der Waals surface area (Å²) in [6, 6.07) is 7.32. The van der Waals surface area contributed by atoms with E-state index in [2.05, 4.69) is 18.3 Å². The average molecular weight is 260 g/mol. The van der Waals surface area contributed by atoms with Crippen LogP contribution in [-0.2, 0) is 9.53 Å². The number of hydrogen-bond acceptors (Lipinski definition) is 4. The Balaban J connectivity index is 2.93. The zero-order chi connectivity index (χ0) is 14.3. The quantitative estimate of drug-likeness (QED) is 0.799. The second kappa shape index (κ2) is 7.42. The number of unbranched alkanes of at least 4 members (excludes halogenated alkanes) is 1. The van der Waals surface area contributed by atoms with E-state index in [-0.39, 0.29) is 5.97 Å². The number of esters is 1. The molecule has 0 spiro atoms. The van der Waals surface area contributed by atoms with Gasteiger partial charge < -0.3 is 10.1 Å². The van der Waals surface area contributed by atoms with Gasteiger partial charge in [-0.05, 0) is 25.0 Å². The van der Waals surface area contributed by atoms with Crippen molar-refractivity contribution in [3.05, 3.63) is 29.3 Å². The third kappa shape index (κ3) is 3.99. The maximum absolute atomic E-state index is 11.7. The summed E-state index contributed by atoms with van der Waals surface area (Å²) in [4.78, 5) is 11.7. The molecule has 0 aliphatic carbocycles. The van der Waals surface area contributed by atoms with Crippen molar-refractivity contribution in [2.24, 2.45) is 0 Å². The molecule has 0 saturated carbocycles. The Morgan fingerprint density at radius 2 is 2.26 bits per heavy atom. The first-order valence-corrected chi connectivity index (χ1v) is 6.48. The SMILES string of the molecule is CCCCC(Nc1cccc(C)c1C#N)C(=O)OC. The molecule has 0 saturated heterocycles. The van der Waals surface area contributed by atoms with Crippen molar-refractivity contribution in [1.29, 1.82) is 5.26 Å². The van der Waals surface area contributed by atoms with E-state index >= 15 is 0 Å². The molecule has 4 heteroatoms. The number of nitrogens with one attached hydrogen (secondary N) is 1. The summed E-state index contributed by atoms with van der Waals surface area (Å²) in [5.41, 5.74) is 2.16. The molecule has 4 nitrogen and oxygen atoms in total. The third-order valence-electron chi connectivity index (χ3n) is 3.05. The van der Waals surface area contributed by atoms with Gasteiger partial charge in [0.25, 0.3) is 0 Å². The van der Waals surface area contributed by atoms with E-state index in [0.29, 0.717) is 17.7 Å². The van der Waals surface area contributed by atoms with Crippen molar-refractivity contribution in [3.8, 4) is 6.07 Å². The molecule has 0 radical (unpaired) electrons. The maximum Gasteiger partial charge on any atom is 0.328 e. The Labute approximate surface area is 114 Å². The Morgan fingerprint density at radius 3 is 2.84 bits per heavy atom. The molecule has 102 valence electrons. The number of aryl methyl sites for hydroxylation is 1. The van der Waals surface area contributed by atoms with Gasteiger partial charge in [-0.2, -0.15) is 5.26 Å². The predicted molar refractivity (Wildman–Crippen MR) is 74.8 cm³/mol. The highest BCUT2D eigenvalue weighted by molar-refractivity contribution is 5.80. The summed E-state index contributed by atoms with van der Waals surface area (Å²) >= 11 is 0. The van der Waals surface area contributed by atoms with Crippen LogP contribution in [0.2, 0.25) is 0 Å². The zero-order valence-corrected chi connectivity index (χ0v) is 11.7. The minimum Gasteiger partial charge on any atom is -0.467 e. The fourth-order valence-electron chi connectivity index (χ4n) is 1.92. The van der Waals surface area contributed by atoms with E-state index < -0.39 is 6.04 Å². The van der Waals surface area contributed by atoms with Crippen LogP contribution < -0.4 is 5.32 Å². The minimum absolute atomic E-state index is 0.293. The van der Waals surface area contributed by atoms with Crippen LogP contribution in [-0.4, -0.2) is 19.1 Å². The first-order valence-electron chi connectivity index (χ1n) is 6.48. The van der Waals surface area contributed by atoms with Gasteiger partial charge in [0.05, 0.1) is 18.4 Å². The van der Waals surface area contributed by atoms with Crippen LogP contribution in [0, 0.1) is 18.3 Å². The molecule has 1 unspecified atom stereocenters. The molecule has 0 heterocycles. The average Bonchev–Trinajstić information content (AvgIpc) is 2.42. The lowest BCUT2D eigenvalue weighted by Gasteiger charge is -2.18. The van der Waals surface area contributed by atoms with Gasteiger partial charge in [-0.15, -0.1) is 0 Å². The van der Waals surface area contributed by atoms with Gasteiger partial charge in [-0.3, -0.25) is 0 Å². The Bertz CT molecular complexity index is 478. The van der Waals surface area contributed by atoms with Gasteiger partial charge in [0.2, 0.25) is 0 Å². The Hall–Kier alpha value is -2.02. The number of methoxy groups -OCH3 is 1. The van der Waals surface area contributed by atoms with Gasteiger partial charge in [0.15, 0.2) is 0 Å². The van der Waals surface area contributed by atoms with E-state index in [0.717, 1.165) is 18.4 Å². The van der Waals surface area contributed by atoms with Gasteiger partial charge in [0, 0.05) is 0 Å². The minimum atomic E-state index is -0.404. The van der Waals surface area contributed by atoms with E-state index in [9.17, 15) is 10.1 Å². The zero-order valence-electron chi connectivity index (χ0n) is 11.7. The first-order chi connectivity index (χ1) is 9.13. The highest BCUT2D eigenvalue weighted by atomic mass is 16.5. The third-order valence-corrected chi connectivity index (χ3v) is 3.05. The monoisotopic (exact) mass is 260 g/mol. The van der Waals surface area contributed by atoms with Crippen LogP contribution >= 0.6 is 0 Å². The summed E-state index contributed by atoms with van der Waals surface area (Å²) in [5, 5.41) is 12.3. The van der Waals surface area contributed by atoms with Crippen molar-refractivity contribution in [2.45, 2.75) is 39.2 Å². The van der Waals surface area contributed by atoms with Gasteiger partial charge in [-0.25, -0.2) is 4.79 Å². The molecular formula is C15H20N2O2. The van der Waals surface area contributed by atoms with Crippen LogP contribution in [0.4, 0.5) is 5.69 Å². The molecule has 1 rings (SSSR count). The molecule has 0 aromatic heterocycles. The molecule has 0 fully saturated rings. The lowest BCUT2D eigenvalue weighted by atomic mass is 10.1. The second-order valence-corrected chi connectivity index (χ2v) is 4.47. The number of hydrogen-bond donors (Lipinski definition) is 1. The largest absolute Gasteiger partial charge is 0.467 e. The molecule has 1 aromatic carbocycles. The van der Waals surface area contributed by atoms with Gasteiger partial charge >= 0.3 is 5.97 Å². The smallest absolute Gasteiger partial charge is 0.328 e. The van der Waals surface area contributed by atoms with Crippen molar-refractivity contribution in [3.63, 3.8) is 0 Å². The Morgan fingerprint density at radius 1 is 1.53 bits per heavy atom. The predicted octanol–water partition coefficient (Wildman–Crippen LogP) is 3.01. The normalized spacial score (nSPS) is 11.5. The number of anilines is 1. The number of ether oxygens (including phenoxy) is 1.